The van der Waals surface area contributed by atoms with Gasteiger partial charge in [0.1, 0.15) is 0 Å². The number of nitrogens with one attached hydrogen (secondary N) is 1. The van der Waals surface area contributed by atoms with Crippen LogP contribution < -0.4 is 5.32 Å². The van der Waals surface area contributed by atoms with Crippen molar-refractivity contribution in [2.45, 2.75) is 45.2 Å². The van der Waals surface area contributed by atoms with Gasteiger partial charge in [0, 0.05) is 12.1 Å². The highest BCUT2D eigenvalue weighted by molar-refractivity contribution is 5.33. The molecule has 0 aromatic heterocycles. The third-order valence-corrected chi connectivity index (χ3v) is 4.05. The molecule has 0 saturated heterocycles. The molecular formula is C16H26N2. The Bertz CT molecular complexity index is 348. The molecule has 0 amide bonds. The summed E-state index contributed by atoms with van der Waals surface area (Å²) in [6.45, 7) is 6.82. The number of benzene rings is 1. The van der Waals surface area contributed by atoms with Crippen molar-refractivity contribution in [3.63, 3.8) is 0 Å². The minimum absolute atomic E-state index is 0.653. The van der Waals surface area contributed by atoms with Gasteiger partial charge in [-0.25, -0.2) is 0 Å². The van der Waals surface area contributed by atoms with Gasteiger partial charge in [0.05, 0.1) is 0 Å². The van der Waals surface area contributed by atoms with Gasteiger partial charge in [0.2, 0.25) is 0 Å². The monoisotopic (exact) mass is 246 g/mol. The lowest BCUT2D eigenvalue weighted by atomic mass is 10.1. The first-order valence-corrected chi connectivity index (χ1v) is 7.17. The van der Waals surface area contributed by atoms with E-state index in [0.29, 0.717) is 12.1 Å². The summed E-state index contributed by atoms with van der Waals surface area (Å²) in [6.07, 6.45) is 3.65. The maximum absolute atomic E-state index is 3.70. The van der Waals surface area contributed by atoms with Crippen molar-refractivity contribution < 1.29 is 0 Å². The van der Waals surface area contributed by atoms with Crippen molar-refractivity contribution in [3.05, 3.63) is 35.4 Å². The Labute approximate surface area is 111 Å². The molecule has 1 aliphatic carbocycles. The number of nitrogens with zero attached hydrogens (tertiary/aromatic N) is 1. The summed E-state index contributed by atoms with van der Waals surface area (Å²) in [5.74, 6) is 0. The summed E-state index contributed by atoms with van der Waals surface area (Å²) in [6, 6.07) is 10.2. The summed E-state index contributed by atoms with van der Waals surface area (Å²) in [4.78, 5) is 2.41. The van der Waals surface area contributed by atoms with Crippen molar-refractivity contribution in [2.24, 2.45) is 0 Å². The Balaban J connectivity index is 1.65. The van der Waals surface area contributed by atoms with E-state index in [1.54, 1.807) is 0 Å². The van der Waals surface area contributed by atoms with Gasteiger partial charge in [0.25, 0.3) is 0 Å². The predicted octanol–water partition coefficient (Wildman–Crippen LogP) is 2.47. The zero-order chi connectivity index (χ0) is 13.0. The Hall–Kier alpha value is -0.860. The summed E-state index contributed by atoms with van der Waals surface area (Å²) >= 11 is 0. The molecule has 0 fully saturated rings. The van der Waals surface area contributed by atoms with Crippen LogP contribution in [0, 0.1) is 0 Å². The predicted molar refractivity (Wildman–Crippen MR) is 78.0 cm³/mol. The number of fused-ring (bicyclic) bond motifs is 1. The highest BCUT2D eigenvalue weighted by Gasteiger charge is 2.19. The molecule has 2 rings (SSSR count). The van der Waals surface area contributed by atoms with Crippen molar-refractivity contribution in [1.29, 1.82) is 0 Å². The molecule has 2 nitrogen and oxygen atoms in total. The van der Waals surface area contributed by atoms with E-state index >= 15 is 0 Å². The van der Waals surface area contributed by atoms with Crippen molar-refractivity contribution in [2.75, 3.05) is 20.1 Å². The van der Waals surface area contributed by atoms with Crippen LogP contribution >= 0.6 is 0 Å². The second-order valence-corrected chi connectivity index (χ2v) is 5.76. The Kier molecular flexibility index (Phi) is 4.79. The van der Waals surface area contributed by atoms with Crippen LogP contribution in [0.4, 0.5) is 0 Å². The lowest BCUT2D eigenvalue weighted by Crippen LogP contribution is -2.34. The van der Waals surface area contributed by atoms with Crippen LogP contribution in [0.5, 0.6) is 0 Å². The van der Waals surface area contributed by atoms with Gasteiger partial charge in [-0.15, -0.1) is 0 Å². The maximum Gasteiger partial charge on any atom is 0.0148 e. The van der Waals surface area contributed by atoms with E-state index in [1.165, 1.54) is 36.9 Å². The molecular weight excluding hydrogens is 220 g/mol. The van der Waals surface area contributed by atoms with Gasteiger partial charge in [0.15, 0.2) is 0 Å². The number of rotatable bonds is 6. The molecule has 0 aliphatic heterocycles. The first-order chi connectivity index (χ1) is 8.66. The fourth-order valence-corrected chi connectivity index (χ4v) is 2.60. The van der Waals surface area contributed by atoms with Gasteiger partial charge < -0.3 is 10.2 Å². The van der Waals surface area contributed by atoms with Crippen molar-refractivity contribution >= 4 is 0 Å². The Morgan fingerprint density at radius 3 is 2.39 bits per heavy atom. The molecule has 0 saturated carbocycles. The van der Waals surface area contributed by atoms with Gasteiger partial charge >= 0.3 is 0 Å². The first-order valence-electron chi connectivity index (χ1n) is 7.17. The largest absolute Gasteiger partial charge is 0.313 e. The fourth-order valence-electron chi connectivity index (χ4n) is 2.60. The molecule has 0 radical (unpaired) electrons. The summed E-state index contributed by atoms with van der Waals surface area (Å²) < 4.78 is 0. The molecule has 0 unspecified atom stereocenters. The molecule has 1 aromatic rings. The zero-order valence-corrected chi connectivity index (χ0v) is 11.9. The number of hydrogen-bond donors (Lipinski definition) is 1. The average Bonchev–Trinajstić information content (AvgIpc) is 2.76. The maximum atomic E-state index is 3.70. The van der Waals surface area contributed by atoms with Crippen LogP contribution in [0.1, 0.15) is 31.4 Å². The van der Waals surface area contributed by atoms with Gasteiger partial charge in [-0.2, -0.15) is 0 Å². The van der Waals surface area contributed by atoms with E-state index in [1.807, 2.05) is 0 Å². The molecule has 1 aliphatic rings. The molecule has 100 valence electrons. The smallest absolute Gasteiger partial charge is 0.0148 e. The molecule has 0 heterocycles. The van der Waals surface area contributed by atoms with Crippen molar-refractivity contribution in [3.8, 4) is 0 Å². The van der Waals surface area contributed by atoms with E-state index in [0.717, 1.165) is 6.54 Å². The topological polar surface area (TPSA) is 15.3 Å². The molecule has 18 heavy (non-hydrogen) atoms. The SMILES string of the molecule is CC(C)N(C)CCCNC1Cc2ccccc2C1. The first kappa shape index (κ1) is 13.6. The van der Waals surface area contributed by atoms with E-state index < -0.39 is 0 Å². The lowest BCUT2D eigenvalue weighted by Gasteiger charge is -2.21. The van der Waals surface area contributed by atoms with E-state index in [-0.39, 0.29) is 0 Å². The van der Waals surface area contributed by atoms with Crippen LogP contribution in [-0.4, -0.2) is 37.1 Å². The quantitative estimate of drug-likeness (QED) is 0.776. The van der Waals surface area contributed by atoms with Crippen LogP contribution in [0.25, 0.3) is 0 Å². The summed E-state index contributed by atoms with van der Waals surface area (Å²) in [7, 11) is 2.20. The minimum Gasteiger partial charge on any atom is -0.313 e. The van der Waals surface area contributed by atoms with Crippen LogP contribution in [-0.2, 0) is 12.8 Å². The van der Waals surface area contributed by atoms with E-state index in [9.17, 15) is 0 Å². The van der Waals surface area contributed by atoms with Crippen LogP contribution in [0.2, 0.25) is 0 Å². The Morgan fingerprint density at radius 2 is 1.83 bits per heavy atom. The molecule has 1 N–H and O–H groups in total. The molecule has 1 aromatic carbocycles. The fraction of sp³-hybridized carbons (Fsp3) is 0.625. The van der Waals surface area contributed by atoms with Gasteiger partial charge in [-0.1, -0.05) is 24.3 Å². The molecule has 2 heteroatoms. The zero-order valence-electron chi connectivity index (χ0n) is 11.9. The van der Waals surface area contributed by atoms with E-state index in [2.05, 4.69) is 55.4 Å². The number of hydrogen-bond acceptors (Lipinski definition) is 2. The van der Waals surface area contributed by atoms with Crippen LogP contribution in [0.3, 0.4) is 0 Å². The van der Waals surface area contributed by atoms with E-state index in [4.69, 9.17) is 0 Å². The second-order valence-electron chi connectivity index (χ2n) is 5.76. The summed E-state index contributed by atoms with van der Waals surface area (Å²) in [5, 5.41) is 3.70. The van der Waals surface area contributed by atoms with Crippen LogP contribution in [0.15, 0.2) is 24.3 Å². The molecule has 0 spiro atoms. The summed E-state index contributed by atoms with van der Waals surface area (Å²) in [5.41, 5.74) is 3.07. The van der Waals surface area contributed by atoms with Gasteiger partial charge in [-0.05, 0) is 64.4 Å². The lowest BCUT2D eigenvalue weighted by molar-refractivity contribution is 0.268. The third-order valence-electron chi connectivity index (χ3n) is 4.05. The molecule has 0 bridgehead atoms. The van der Waals surface area contributed by atoms with Crippen molar-refractivity contribution in [1.82, 2.24) is 10.2 Å². The highest BCUT2D eigenvalue weighted by Crippen LogP contribution is 2.21. The Morgan fingerprint density at radius 1 is 1.22 bits per heavy atom. The van der Waals surface area contributed by atoms with Gasteiger partial charge in [-0.3, -0.25) is 0 Å². The average molecular weight is 246 g/mol. The normalized spacial score (nSPS) is 15.6. The highest BCUT2D eigenvalue weighted by atomic mass is 15.1. The minimum atomic E-state index is 0.653. The third kappa shape index (κ3) is 3.56. The second kappa shape index (κ2) is 6.35. The standard InChI is InChI=1S/C16H26N2/c1-13(2)18(3)10-6-9-17-16-11-14-7-4-5-8-15(14)12-16/h4-5,7-8,13,16-17H,6,9-12H2,1-3H3. The molecule has 0 atom stereocenters.